The van der Waals surface area contributed by atoms with Crippen LogP contribution >= 0.6 is 12.2 Å². The van der Waals surface area contributed by atoms with Gasteiger partial charge < -0.3 is 9.13 Å². The lowest BCUT2D eigenvalue weighted by molar-refractivity contribution is 0.536. The highest BCUT2D eigenvalue weighted by Crippen LogP contribution is 2.37. The highest BCUT2D eigenvalue weighted by Gasteiger charge is 2.26. The molecule has 0 spiro atoms. The molecule has 4 heteroatoms. The Hall–Kier alpha value is -0.505. The van der Waals surface area contributed by atoms with E-state index in [4.69, 9.17) is 20.1 Å². The van der Waals surface area contributed by atoms with Crippen LogP contribution in [0.4, 0.5) is 0 Å². The average Bonchev–Trinajstić information content (AvgIpc) is 2.47. The van der Waals surface area contributed by atoms with Crippen molar-refractivity contribution in [3.63, 3.8) is 0 Å². The summed E-state index contributed by atoms with van der Waals surface area (Å²) in [5, 5.41) is -0.0772. The molecule has 94 valence electrons. The fraction of sp³-hybridized carbons (Fsp3) is 0.769. The molecule has 0 aliphatic heterocycles. The Bertz CT molecular complexity index is 443. The summed E-state index contributed by atoms with van der Waals surface area (Å²) in [6.07, 6.45) is 4.29. The van der Waals surface area contributed by atoms with Crippen LogP contribution in [0.5, 0.6) is 0 Å². The first-order chi connectivity index (χ1) is 7.92. The minimum absolute atomic E-state index is 0.0772. The lowest BCUT2D eigenvalue weighted by atomic mass is 9.65. The van der Waals surface area contributed by atoms with Crippen molar-refractivity contribution in [3.8, 4) is 0 Å². The fourth-order valence-corrected chi connectivity index (χ4v) is 2.73. The first-order valence-corrected chi connectivity index (χ1v) is 6.85. The Kier molecular flexibility index (Phi) is 4.65. The van der Waals surface area contributed by atoms with Crippen molar-refractivity contribution < 1.29 is 0 Å². The maximum atomic E-state index is 6.26. The van der Waals surface area contributed by atoms with E-state index in [1.54, 1.807) is 0 Å². The summed E-state index contributed by atoms with van der Waals surface area (Å²) in [4.78, 5) is 0. The van der Waals surface area contributed by atoms with E-state index in [2.05, 4.69) is 23.1 Å². The van der Waals surface area contributed by atoms with Crippen LogP contribution in [0.1, 0.15) is 45.0 Å². The second-order valence-electron chi connectivity index (χ2n) is 4.98. The second-order valence-corrected chi connectivity index (χ2v) is 5.34. The predicted molar refractivity (Wildman–Crippen MR) is 77.3 cm³/mol. The molecule has 1 unspecified atom stereocenters. The summed E-state index contributed by atoms with van der Waals surface area (Å²) in [7, 11) is 10.4. The highest BCUT2D eigenvalue weighted by atomic mass is 32.1. The van der Waals surface area contributed by atoms with Gasteiger partial charge in [-0.3, -0.25) is 0 Å². The van der Waals surface area contributed by atoms with Crippen LogP contribution < -0.4 is 0 Å². The molecule has 17 heavy (non-hydrogen) atoms. The topological polar surface area (TPSA) is 9.86 Å². The van der Waals surface area contributed by atoms with Crippen LogP contribution in [0, 0.1) is 4.77 Å². The van der Waals surface area contributed by atoms with Gasteiger partial charge in [0.2, 0.25) is 0 Å². The molecule has 2 nitrogen and oxygen atoms in total. The third kappa shape index (κ3) is 2.84. The maximum absolute atomic E-state index is 6.26. The third-order valence-electron chi connectivity index (χ3n) is 3.45. The third-order valence-corrected chi connectivity index (χ3v) is 4.00. The minimum atomic E-state index is -0.0772. The van der Waals surface area contributed by atoms with E-state index in [0.29, 0.717) is 0 Å². The number of fused-ring (bicyclic) bond motifs is 1. The quantitative estimate of drug-likeness (QED) is 0.390. The normalized spacial score (nSPS) is 23.4. The number of hydrogen-bond acceptors (Lipinski definition) is 1. The van der Waals surface area contributed by atoms with Gasteiger partial charge in [-0.1, -0.05) is 32.5 Å². The van der Waals surface area contributed by atoms with Crippen LogP contribution in [-0.4, -0.2) is 17.0 Å². The molecule has 0 saturated carbocycles. The van der Waals surface area contributed by atoms with Crippen molar-refractivity contribution in [3.05, 3.63) is 16.2 Å². The molecule has 0 saturated heterocycles. The SMILES string of the molecule is CC.[B]C1(C)CCCc2c(n(C)c(=S)n2C)C1. The van der Waals surface area contributed by atoms with Crippen molar-refractivity contribution >= 4 is 20.1 Å². The molecule has 1 aliphatic carbocycles. The van der Waals surface area contributed by atoms with E-state index in [1.165, 1.54) is 11.4 Å². The Morgan fingerprint density at radius 1 is 1.18 bits per heavy atom. The predicted octanol–water partition coefficient (Wildman–Crippen LogP) is 3.35. The van der Waals surface area contributed by atoms with Gasteiger partial charge in [0.25, 0.3) is 0 Å². The lowest BCUT2D eigenvalue weighted by Gasteiger charge is -2.22. The molecule has 2 radical (unpaired) electrons. The largest absolute Gasteiger partial charge is 0.324 e. The lowest BCUT2D eigenvalue weighted by Crippen LogP contribution is -2.12. The monoisotopic (exact) mass is 250 g/mol. The molecule has 1 atom stereocenters. The fourth-order valence-electron chi connectivity index (χ4n) is 2.51. The standard InChI is InChI=1S/C11H17BN2S.C2H6/c1-11(12)6-4-5-8-9(7-11)14(3)10(15)13(8)2;1-2/h4-7H2,1-3H3;1-2H3. The number of hydrogen-bond donors (Lipinski definition) is 0. The Labute approximate surface area is 111 Å². The van der Waals surface area contributed by atoms with Crippen LogP contribution in [0.3, 0.4) is 0 Å². The molecule has 1 aromatic rings. The minimum Gasteiger partial charge on any atom is -0.324 e. The van der Waals surface area contributed by atoms with Crippen molar-refractivity contribution in [1.29, 1.82) is 0 Å². The number of aromatic nitrogens is 2. The summed E-state index contributed by atoms with van der Waals surface area (Å²) in [6.45, 7) is 6.14. The summed E-state index contributed by atoms with van der Waals surface area (Å²) in [6, 6.07) is 0. The van der Waals surface area contributed by atoms with Gasteiger partial charge in [-0.05, 0) is 31.5 Å². The van der Waals surface area contributed by atoms with Gasteiger partial charge in [-0.15, -0.1) is 0 Å². The molecule has 0 bridgehead atoms. The smallest absolute Gasteiger partial charge is 0.179 e. The maximum Gasteiger partial charge on any atom is 0.179 e. The number of imidazole rings is 1. The van der Waals surface area contributed by atoms with Crippen LogP contribution in [0.2, 0.25) is 5.31 Å². The Balaban J connectivity index is 0.000000686. The Morgan fingerprint density at radius 3 is 2.29 bits per heavy atom. The summed E-state index contributed by atoms with van der Waals surface area (Å²) in [5.41, 5.74) is 2.70. The summed E-state index contributed by atoms with van der Waals surface area (Å²) < 4.78 is 5.14. The molecular weight excluding hydrogens is 227 g/mol. The van der Waals surface area contributed by atoms with E-state index in [-0.39, 0.29) is 5.31 Å². The van der Waals surface area contributed by atoms with Crippen molar-refractivity contribution in [2.45, 2.75) is 51.8 Å². The Morgan fingerprint density at radius 2 is 1.71 bits per heavy atom. The molecule has 1 aromatic heterocycles. The molecule has 2 rings (SSSR count). The van der Waals surface area contributed by atoms with Gasteiger partial charge >= 0.3 is 0 Å². The van der Waals surface area contributed by atoms with E-state index < -0.39 is 0 Å². The molecule has 1 aliphatic rings. The van der Waals surface area contributed by atoms with Crippen molar-refractivity contribution in [2.75, 3.05) is 0 Å². The van der Waals surface area contributed by atoms with Gasteiger partial charge in [0.1, 0.15) is 0 Å². The van der Waals surface area contributed by atoms with Gasteiger partial charge in [0.15, 0.2) is 4.77 Å². The van der Waals surface area contributed by atoms with Crippen LogP contribution in [-0.2, 0) is 26.9 Å². The van der Waals surface area contributed by atoms with Gasteiger partial charge in [0, 0.05) is 25.5 Å². The average molecular weight is 250 g/mol. The van der Waals surface area contributed by atoms with Gasteiger partial charge in [-0.2, -0.15) is 0 Å². The first-order valence-electron chi connectivity index (χ1n) is 6.45. The van der Waals surface area contributed by atoms with E-state index in [1.807, 2.05) is 20.9 Å². The van der Waals surface area contributed by atoms with Crippen molar-refractivity contribution in [1.82, 2.24) is 9.13 Å². The number of nitrogens with zero attached hydrogens (tertiary/aromatic N) is 2. The zero-order valence-corrected chi connectivity index (χ0v) is 12.5. The molecule has 0 aromatic carbocycles. The van der Waals surface area contributed by atoms with E-state index >= 15 is 0 Å². The first kappa shape index (κ1) is 14.6. The second kappa shape index (κ2) is 5.43. The summed E-state index contributed by atoms with van der Waals surface area (Å²) in [5.74, 6) is 0. The van der Waals surface area contributed by atoms with Crippen LogP contribution in [0.15, 0.2) is 0 Å². The van der Waals surface area contributed by atoms with Gasteiger partial charge in [-0.25, -0.2) is 0 Å². The van der Waals surface area contributed by atoms with Crippen LogP contribution in [0.25, 0.3) is 0 Å². The number of rotatable bonds is 0. The van der Waals surface area contributed by atoms with E-state index in [9.17, 15) is 0 Å². The molecule has 0 amide bonds. The molecule has 0 N–H and O–H groups in total. The zero-order valence-electron chi connectivity index (χ0n) is 11.7. The molecule has 1 heterocycles. The van der Waals surface area contributed by atoms with Gasteiger partial charge in [0.05, 0.1) is 7.85 Å². The summed E-state index contributed by atoms with van der Waals surface area (Å²) >= 11 is 5.37. The molecular formula is C13H23BN2S. The molecule has 0 fully saturated rings. The highest BCUT2D eigenvalue weighted by molar-refractivity contribution is 7.71. The van der Waals surface area contributed by atoms with E-state index in [0.717, 1.165) is 30.5 Å². The van der Waals surface area contributed by atoms with Crippen molar-refractivity contribution in [2.24, 2.45) is 14.1 Å². The zero-order chi connectivity index (χ0) is 13.2.